The summed E-state index contributed by atoms with van der Waals surface area (Å²) in [6.07, 6.45) is 36.0. The number of unbranched alkanes of at least 4 members (excludes halogenated alkanes) is 4. The van der Waals surface area contributed by atoms with Crippen molar-refractivity contribution >= 4 is 19.8 Å². The first-order valence-electron chi connectivity index (χ1n) is 21.7. The fourth-order valence-electron chi connectivity index (χ4n) is 5.70. The van der Waals surface area contributed by atoms with Gasteiger partial charge in [0.2, 0.25) is 0 Å². The van der Waals surface area contributed by atoms with Crippen molar-refractivity contribution in [1.82, 2.24) is 0 Å². The van der Waals surface area contributed by atoms with E-state index in [2.05, 4.69) is 98.9 Å². The highest BCUT2D eigenvalue weighted by molar-refractivity contribution is 7.47. The molecule has 0 bridgehead atoms. The van der Waals surface area contributed by atoms with E-state index in [4.69, 9.17) is 18.5 Å². The molecule has 0 heterocycles. The summed E-state index contributed by atoms with van der Waals surface area (Å²) in [5.74, 6) is -1.29. The number of hydrogen-bond acceptors (Lipinski definition) is 12. The van der Waals surface area contributed by atoms with Gasteiger partial charge in [0.15, 0.2) is 6.10 Å². The summed E-state index contributed by atoms with van der Waals surface area (Å²) < 4.78 is 33.3. The number of phosphoric acid groups is 1. The van der Waals surface area contributed by atoms with E-state index >= 15 is 0 Å². The molecule has 0 spiro atoms. The van der Waals surface area contributed by atoms with Crippen LogP contribution in [-0.2, 0) is 32.7 Å². The Morgan fingerprint density at radius 2 is 0.934 bits per heavy atom. The van der Waals surface area contributed by atoms with Gasteiger partial charge in [-0.15, -0.1) is 0 Å². The second-order valence-corrected chi connectivity index (χ2v) is 15.9. The lowest BCUT2D eigenvalue weighted by Crippen LogP contribution is -2.64. The molecule has 1 rings (SSSR count). The molecule has 14 heteroatoms. The molecule has 0 saturated heterocycles. The van der Waals surface area contributed by atoms with Gasteiger partial charge in [0.25, 0.3) is 0 Å². The summed E-state index contributed by atoms with van der Waals surface area (Å²) in [5.41, 5.74) is 0. The average Bonchev–Trinajstić information content (AvgIpc) is 3.24. The van der Waals surface area contributed by atoms with Gasteiger partial charge in [-0.25, -0.2) is 4.57 Å². The summed E-state index contributed by atoms with van der Waals surface area (Å²) in [4.78, 5) is 35.6. The molecule has 0 aromatic carbocycles. The van der Waals surface area contributed by atoms with E-state index < -0.39 is 75.7 Å². The van der Waals surface area contributed by atoms with E-state index in [1.807, 2.05) is 12.2 Å². The van der Waals surface area contributed by atoms with Crippen molar-refractivity contribution in [3.63, 3.8) is 0 Å². The van der Waals surface area contributed by atoms with Gasteiger partial charge in [0, 0.05) is 6.42 Å². The number of esters is 2. The Morgan fingerprint density at radius 1 is 0.525 bits per heavy atom. The fourth-order valence-corrected chi connectivity index (χ4v) is 6.68. The molecular weight excluding hydrogens is 803 g/mol. The summed E-state index contributed by atoms with van der Waals surface area (Å²) in [7, 11) is -5.16. The smallest absolute Gasteiger partial charge is 0.462 e. The molecule has 1 saturated carbocycles. The predicted octanol–water partition coefficient (Wildman–Crippen LogP) is 8.05. The number of carbonyl (C=O) groups excluding carboxylic acids is 2. The summed E-state index contributed by atoms with van der Waals surface area (Å²) in [6.45, 7) is 2.93. The number of allylic oxidation sites excluding steroid dienone is 17. The molecule has 6 N–H and O–H groups in total. The third-order valence-corrected chi connectivity index (χ3v) is 10.1. The van der Waals surface area contributed by atoms with E-state index in [0.29, 0.717) is 12.8 Å². The maximum atomic E-state index is 12.8. The van der Waals surface area contributed by atoms with Crippen LogP contribution in [0.3, 0.4) is 0 Å². The topological polar surface area (TPSA) is 210 Å². The van der Waals surface area contributed by atoms with Gasteiger partial charge in [0.1, 0.15) is 43.2 Å². The van der Waals surface area contributed by atoms with Crippen molar-refractivity contribution < 1.29 is 63.1 Å². The maximum absolute atomic E-state index is 12.8. The van der Waals surface area contributed by atoms with E-state index in [-0.39, 0.29) is 12.8 Å². The minimum atomic E-state index is -5.16. The van der Waals surface area contributed by atoms with E-state index in [1.165, 1.54) is 0 Å². The zero-order chi connectivity index (χ0) is 45.0. The molecule has 61 heavy (non-hydrogen) atoms. The molecule has 1 fully saturated rings. The van der Waals surface area contributed by atoms with Crippen molar-refractivity contribution in [3.05, 3.63) is 109 Å². The normalized spacial score (nSPS) is 23.1. The first-order valence-corrected chi connectivity index (χ1v) is 23.2. The largest absolute Gasteiger partial charge is 0.472 e. The minimum Gasteiger partial charge on any atom is -0.462 e. The fraction of sp³-hybridized carbons (Fsp3) is 0.574. The van der Waals surface area contributed by atoms with Gasteiger partial charge in [-0.05, 0) is 77.0 Å². The van der Waals surface area contributed by atoms with Crippen molar-refractivity contribution in [1.29, 1.82) is 0 Å². The molecule has 0 aromatic heterocycles. The maximum Gasteiger partial charge on any atom is 0.472 e. The number of carbonyl (C=O) groups is 2. The monoisotopic (exact) mass is 876 g/mol. The lowest BCUT2D eigenvalue weighted by atomic mass is 9.85. The highest BCUT2D eigenvalue weighted by Crippen LogP contribution is 2.47. The second-order valence-electron chi connectivity index (χ2n) is 14.4. The molecule has 13 nitrogen and oxygen atoms in total. The second kappa shape index (κ2) is 36.0. The first-order chi connectivity index (χ1) is 29.4. The average molecular weight is 877 g/mol. The predicted molar refractivity (Wildman–Crippen MR) is 239 cm³/mol. The van der Waals surface area contributed by atoms with Gasteiger partial charge in [0.05, 0.1) is 13.0 Å². The lowest BCUT2D eigenvalue weighted by Gasteiger charge is -2.41. The highest BCUT2D eigenvalue weighted by atomic mass is 31.2. The van der Waals surface area contributed by atoms with Crippen LogP contribution in [0.25, 0.3) is 0 Å². The molecule has 0 radical (unpaired) electrons. The number of aliphatic hydroxyl groups is 5. The van der Waals surface area contributed by atoms with E-state index in [1.54, 1.807) is 12.2 Å². The third kappa shape index (κ3) is 28.7. The van der Waals surface area contributed by atoms with E-state index in [9.17, 15) is 44.6 Å². The first kappa shape index (κ1) is 55.5. The molecule has 0 amide bonds. The van der Waals surface area contributed by atoms with Crippen molar-refractivity contribution in [2.75, 3.05) is 13.2 Å². The van der Waals surface area contributed by atoms with Crippen LogP contribution in [0.2, 0.25) is 0 Å². The van der Waals surface area contributed by atoms with Crippen LogP contribution in [0.4, 0.5) is 0 Å². The van der Waals surface area contributed by atoms with Gasteiger partial charge in [-0.1, -0.05) is 136 Å². The van der Waals surface area contributed by atoms with Crippen molar-refractivity contribution in [2.45, 2.75) is 159 Å². The summed E-state index contributed by atoms with van der Waals surface area (Å²) in [6, 6.07) is 0. The van der Waals surface area contributed by atoms with Crippen LogP contribution in [0.5, 0.6) is 0 Å². The van der Waals surface area contributed by atoms with Crippen LogP contribution >= 0.6 is 7.82 Å². The number of hydrogen-bond donors (Lipinski definition) is 6. The molecule has 344 valence electrons. The summed E-state index contributed by atoms with van der Waals surface area (Å²) in [5, 5.41) is 50.1. The van der Waals surface area contributed by atoms with Crippen LogP contribution < -0.4 is 0 Å². The van der Waals surface area contributed by atoms with E-state index in [0.717, 1.165) is 77.0 Å². The van der Waals surface area contributed by atoms with Gasteiger partial charge in [-0.2, -0.15) is 0 Å². The number of phosphoric ester groups is 1. The Labute approximate surface area is 363 Å². The number of ether oxygens (including phenoxy) is 2. The molecule has 1 aliphatic carbocycles. The third-order valence-electron chi connectivity index (χ3n) is 9.14. The molecule has 0 aromatic rings. The highest BCUT2D eigenvalue weighted by Gasteiger charge is 2.51. The summed E-state index contributed by atoms with van der Waals surface area (Å²) >= 11 is 0. The molecule has 1 aliphatic rings. The van der Waals surface area contributed by atoms with Crippen LogP contribution in [-0.4, -0.2) is 98.3 Å². The Morgan fingerprint density at radius 3 is 1.41 bits per heavy atom. The molecule has 6 atom stereocenters. The Balaban J connectivity index is 2.58. The Hall–Kier alpha value is -3.49. The van der Waals surface area contributed by atoms with Gasteiger partial charge in [-0.3, -0.25) is 18.6 Å². The van der Waals surface area contributed by atoms with Crippen LogP contribution in [0.15, 0.2) is 109 Å². The molecule has 0 aliphatic heterocycles. The SMILES string of the molecule is CC/C=C\C/C=C\C/C=C\C/C=C\C/C=C\CC(=O)OC(COC(=O)CCCCCC/C=C\C/C=C\C/C=C\C/C=C\CC)COP(=O)(O)OC1C(O)C(O)C(O)C(O)C1O. The quantitative estimate of drug-likeness (QED) is 0.0160. The van der Waals surface area contributed by atoms with Crippen molar-refractivity contribution in [3.8, 4) is 0 Å². The molecular formula is C47H73O13P. The number of rotatable bonds is 33. The lowest BCUT2D eigenvalue weighted by molar-refractivity contribution is -0.220. The van der Waals surface area contributed by atoms with Gasteiger partial charge >= 0.3 is 19.8 Å². The standard InChI is InChI=1S/C47H73O13P/c1-3-5-7-9-11-13-15-17-19-20-22-23-25-27-29-31-33-35-40(48)57-37-39(38-58-61(55,56)60-47-45(53)43(51)42(50)44(52)46(47)54)59-41(49)36-34-32-30-28-26-24-21-18-16-14-12-10-8-6-4-2/h5-8,11-14,17-19,21-23,26,28,32,34,39,42-47,50-54H,3-4,9-10,15-16,20,24-25,27,29-31,33,35-38H2,1-2H3,(H,55,56)/b7-5-,8-6-,13-11-,14-12-,19-17-,21-18-,23-22-,28-26-,34-32-. The van der Waals surface area contributed by atoms with Crippen molar-refractivity contribution in [2.24, 2.45) is 0 Å². The van der Waals surface area contributed by atoms with Crippen LogP contribution in [0, 0.1) is 0 Å². The van der Waals surface area contributed by atoms with Gasteiger partial charge < -0.3 is 39.9 Å². The zero-order valence-electron chi connectivity index (χ0n) is 36.1. The Bertz CT molecular complexity index is 1480. The zero-order valence-corrected chi connectivity index (χ0v) is 37.0. The van der Waals surface area contributed by atoms with Crippen LogP contribution in [0.1, 0.15) is 117 Å². The Kier molecular flexibility index (Phi) is 32.8. The number of aliphatic hydroxyl groups excluding tert-OH is 5. The minimum absolute atomic E-state index is 0.112. The molecule has 6 unspecified atom stereocenters.